The molecule has 0 unspecified atom stereocenters. The van der Waals surface area contributed by atoms with Gasteiger partial charge in [0.05, 0.1) is 10.6 Å². The van der Waals surface area contributed by atoms with Gasteiger partial charge in [-0.2, -0.15) is 0 Å². The minimum Gasteiger partial charge on any atom is -0.349 e. The summed E-state index contributed by atoms with van der Waals surface area (Å²) in [6, 6.07) is 1.73. The molecule has 1 heterocycles. The molecule has 0 atom stereocenters. The van der Waals surface area contributed by atoms with E-state index in [9.17, 15) is 4.79 Å². The topological polar surface area (TPSA) is 42.0 Å². The number of hydrogen-bond donors (Lipinski definition) is 1. The van der Waals surface area contributed by atoms with Crippen molar-refractivity contribution < 1.29 is 4.79 Å². The summed E-state index contributed by atoms with van der Waals surface area (Å²) in [6.45, 7) is 9.03. The number of amides is 1. The number of nitrogens with one attached hydrogen (secondary N) is 1. The minimum atomic E-state index is -0.139. The molecule has 5 heteroatoms. The highest BCUT2D eigenvalue weighted by Crippen LogP contribution is 2.45. The van der Waals surface area contributed by atoms with Crippen molar-refractivity contribution in [3.8, 4) is 0 Å². The highest BCUT2D eigenvalue weighted by molar-refractivity contribution is 6.41. The minimum absolute atomic E-state index is 0.139. The molecule has 0 aliphatic heterocycles. The van der Waals surface area contributed by atoms with E-state index in [0.29, 0.717) is 10.6 Å². The Morgan fingerprint density at radius 2 is 1.81 bits per heavy atom. The van der Waals surface area contributed by atoms with Crippen molar-refractivity contribution in [2.75, 3.05) is 0 Å². The van der Waals surface area contributed by atoms with Crippen LogP contribution >= 0.6 is 23.2 Å². The molecule has 1 fully saturated rings. The first-order valence-electron chi connectivity index (χ1n) is 7.20. The third kappa shape index (κ3) is 4.33. The Balaban J connectivity index is 2.10. The van der Waals surface area contributed by atoms with Crippen LogP contribution in [0.1, 0.15) is 57.3 Å². The second-order valence-corrected chi connectivity index (χ2v) is 8.35. The third-order valence-electron chi connectivity index (χ3n) is 3.95. The summed E-state index contributed by atoms with van der Waals surface area (Å²) in [5.41, 5.74) is 0.913. The number of carbonyl (C=O) groups excluding carboxylic acids is 1. The molecule has 2 rings (SSSR count). The Hall–Kier alpha value is -0.800. The molecule has 0 radical (unpaired) electrons. The van der Waals surface area contributed by atoms with Crippen molar-refractivity contribution in [3.63, 3.8) is 0 Å². The van der Waals surface area contributed by atoms with Gasteiger partial charge in [0.2, 0.25) is 0 Å². The van der Waals surface area contributed by atoms with Gasteiger partial charge in [0.15, 0.2) is 0 Å². The van der Waals surface area contributed by atoms with E-state index in [1.165, 1.54) is 12.6 Å². The molecule has 1 amide bonds. The maximum Gasteiger partial charge on any atom is 0.253 e. The zero-order valence-corrected chi connectivity index (χ0v) is 14.5. The predicted molar refractivity (Wildman–Crippen MR) is 86.9 cm³/mol. The van der Waals surface area contributed by atoms with E-state index < -0.39 is 0 Å². The van der Waals surface area contributed by atoms with Crippen LogP contribution in [0.25, 0.3) is 0 Å². The number of rotatable bonds is 2. The smallest absolute Gasteiger partial charge is 0.253 e. The van der Waals surface area contributed by atoms with E-state index >= 15 is 0 Å². The van der Waals surface area contributed by atoms with Crippen LogP contribution in [0.2, 0.25) is 10.2 Å². The van der Waals surface area contributed by atoms with E-state index in [2.05, 4.69) is 38.0 Å². The van der Waals surface area contributed by atoms with Gasteiger partial charge in [-0.3, -0.25) is 4.79 Å². The lowest BCUT2D eigenvalue weighted by atomic mass is 9.63. The first-order valence-corrected chi connectivity index (χ1v) is 7.96. The molecule has 1 aliphatic carbocycles. The number of aromatic nitrogens is 1. The molecule has 0 bridgehead atoms. The highest BCUT2D eigenvalue weighted by atomic mass is 35.5. The fourth-order valence-corrected chi connectivity index (χ4v) is 4.03. The number of halogens is 2. The number of nitrogens with zero attached hydrogens (tertiary/aromatic N) is 1. The molecule has 0 saturated heterocycles. The standard InChI is InChI=1S/C16H22Cl2N2O/c1-15(2)6-11(7-16(3,4)9-15)20-14(21)10-5-12(17)13(18)19-8-10/h5,8,11H,6-7,9H2,1-4H3,(H,20,21). The van der Waals surface area contributed by atoms with Gasteiger partial charge in [0.1, 0.15) is 5.15 Å². The zero-order valence-electron chi connectivity index (χ0n) is 13.0. The predicted octanol–water partition coefficient (Wildman–Crippen LogP) is 4.72. The Morgan fingerprint density at radius 3 is 2.33 bits per heavy atom. The number of hydrogen-bond acceptors (Lipinski definition) is 2. The molecule has 21 heavy (non-hydrogen) atoms. The van der Waals surface area contributed by atoms with Gasteiger partial charge in [-0.05, 0) is 36.2 Å². The Labute approximate surface area is 136 Å². The molecule has 1 saturated carbocycles. The lowest BCUT2D eigenvalue weighted by molar-refractivity contribution is 0.0713. The van der Waals surface area contributed by atoms with Crippen LogP contribution in [-0.4, -0.2) is 16.9 Å². The molecular formula is C16H22Cl2N2O. The van der Waals surface area contributed by atoms with Gasteiger partial charge in [-0.15, -0.1) is 0 Å². The molecule has 1 aliphatic rings. The van der Waals surface area contributed by atoms with Crippen molar-refractivity contribution in [2.45, 2.75) is 53.0 Å². The summed E-state index contributed by atoms with van der Waals surface area (Å²) < 4.78 is 0. The van der Waals surface area contributed by atoms with Crippen LogP contribution < -0.4 is 5.32 Å². The summed E-state index contributed by atoms with van der Waals surface area (Å²) in [6.07, 6.45) is 4.59. The summed E-state index contributed by atoms with van der Waals surface area (Å²) in [5, 5.41) is 3.63. The SMILES string of the molecule is CC1(C)CC(NC(=O)c2cnc(Cl)c(Cl)c2)CC(C)(C)C1. The van der Waals surface area contributed by atoms with Gasteiger partial charge in [-0.1, -0.05) is 50.9 Å². The van der Waals surface area contributed by atoms with Crippen LogP contribution in [0.15, 0.2) is 12.3 Å². The van der Waals surface area contributed by atoms with Crippen molar-refractivity contribution in [2.24, 2.45) is 10.8 Å². The van der Waals surface area contributed by atoms with Crippen molar-refractivity contribution >= 4 is 29.1 Å². The van der Waals surface area contributed by atoms with Crippen LogP contribution in [0.5, 0.6) is 0 Å². The van der Waals surface area contributed by atoms with Crippen LogP contribution in [0.4, 0.5) is 0 Å². The average Bonchev–Trinajstić information content (AvgIpc) is 2.28. The second kappa shape index (κ2) is 5.77. The molecule has 1 N–H and O–H groups in total. The van der Waals surface area contributed by atoms with Crippen molar-refractivity contribution in [3.05, 3.63) is 28.0 Å². The van der Waals surface area contributed by atoms with Gasteiger partial charge >= 0.3 is 0 Å². The van der Waals surface area contributed by atoms with Crippen molar-refractivity contribution in [1.82, 2.24) is 10.3 Å². The zero-order chi connectivity index (χ0) is 15.8. The van der Waals surface area contributed by atoms with Gasteiger partial charge < -0.3 is 5.32 Å². The lowest BCUT2D eigenvalue weighted by Gasteiger charge is -2.45. The van der Waals surface area contributed by atoms with E-state index in [0.717, 1.165) is 12.8 Å². The first kappa shape index (κ1) is 16.6. The van der Waals surface area contributed by atoms with Crippen LogP contribution in [-0.2, 0) is 0 Å². The second-order valence-electron chi connectivity index (χ2n) is 7.58. The molecule has 116 valence electrons. The van der Waals surface area contributed by atoms with E-state index in [1.807, 2.05) is 0 Å². The average molecular weight is 329 g/mol. The monoisotopic (exact) mass is 328 g/mol. The molecule has 1 aromatic rings. The summed E-state index contributed by atoms with van der Waals surface area (Å²) in [5.74, 6) is -0.139. The first-order chi connectivity index (χ1) is 9.58. The number of pyridine rings is 1. The van der Waals surface area contributed by atoms with E-state index in [4.69, 9.17) is 23.2 Å². The van der Waals surface area contributed by atoms with Crippen LogP contribution in [0, 0.1) is 10.8 Å². The Kier molecular flexibility index (Phi) is 4.55. The van der Waals surface area contributed by atoms with Gasteiger partial charge in [-0.25, -0.2) is 4.98 Å². The molecule has 0 spiro atoms. The molecule has 0 aromatic carbocycles. The fraction of sp³-hybridized carbons (Fsp3) is 0.625. The maximum absolute atomic E-state index is 12.3. The van der Waals surface area contributed by atoms with Gasteiger partial charge in [0.25, 0.3) is 5.91 Å². The normalized spacial score (nSPS) is 21.0. The summed E-state index contributed by atoms with van der Waals surface area (Å²) >= 11 is 11.7. The highest BCUT2D eigenvalue weighted by Gasteiger charge is 2.38. The quantitative estimate of drug-likeness (QED) is 0.798. The van der Waals surface area contributed by atoms with Crippen molar-refractivity contribution in [1.29, 1.82) is 0 Å². The number of carbonyl (C=O) groups is 1. The lowest BCUT2D eigenvalue weighted by Crippen LogP contribution is -2.46. The Morgan fingerprint density at radius 1 is 1.24 bits per heavy atom. The van der Waals surface area contributed by atoms with E-state index in [-0.39, 0.29) is 27.9 Å². The van der Waals surface area contributed by atoms with Crippen LogP contribution in [0.3, 0.4) is 0 Å². The largest absolute Gasteiger partial charge is 0.349 e. The Bertz CT molecular complexity index is 539. The fourth-order valence-electron chi connectivity index (χ4n) is 3.76. The van der Waals surface area contributed by atoms with E-state index in [1.54, 1.807) is 6.07 Å². The summed E-state index contributed by atoms with van der Waals surface area (Å²) in [4.78, 5) is 16.3. The third-order valence-corrected chi connectivity index (χ3v) is 4.63. The molecule has 3 nitrogen and oxygen atoms in total. The van der Waals surface area contributed by atoms with Gasteiger partial charge in [0, 0.05) is 12.2 Å². The molecular weight excluding hydrogens is 307 g/mol. The maximum atomic E-state index is 12.3. The molecule has 1 aromatic heterocycles. The summed E-state index contributed by atoms with van der Waals surface area (Å²) in [7, 11) is 0.